The number of amides is 1. The monoisotopic (exact) mass is 346 g/mol. The van der Waals surface area contributed by atoms with Crippen molar-refractivity contribution in [1.82, 2.24) is 19.7 Å². The van der Waals surface area contributed by atoms with Crippen LogP contribution in [0, 0.1) is 4.77 Å². The molecule has 1 aromatic carbocycles. The van der Waals surface area contributed by atoms with Gasteiger partial charge in [-0.3, -0.25) is 5.10 Å². The Morgan fingerprint density at radius 3 is 2.71 bits per heavy atom. The normalized spacial score (nSPS) is 15.5. The summed E-state index contributed by atoms with van der Waals surface area (Å²) in [7, 11) is 0. The lowest BCUT2D eigenvalue weighted by Crippen LogP contribution is -2.38. The summed E-state index contributed by atoms with van der Waals surface area (Å²) < 4.78 is 8.10. The largest absolute Gasteiger partial charge is 0.445 e. The fourth-order valence-electron chi connectivity index (χ4n) is 3.08. The van der Waals surface area contributed by atoms with Crippen molar-refractivity contribution < 1.29 is 9.53 Å². The van der Waals surface area contributed by atoms with E-state index in [4.69, 9.17) is 17.0 Å². The van der Waals surface area contributed by atoms with E-state index < -0.39 is 0 Å². The highest BCUT2D eigenvalue weighted by Crippen LogP contribution is 2.27. The SMILES string of the molecule is CCn1c(C2CCN(C(=O)OCc3ccccc3)CC2)n[nH]c1=S. The van der Waals surface area contributed by atoms with Crippen LogP contribution in [-0.2, 0) is 17.9 Å². The van der Waals surface area contributed by atoms with Crippen LogP contribution < -0.4 is 0 Å². The van der Waals surface area contributed by atoms with E-state index in [2.05, 4.69) is 17.1 Å². The number of aromatic amines is 1. The van der Waals surface area contributed by atoms with Gasteiger partial charge in [0, 0.05) is 25.6 Å². The summed E-state index contributed by atoms with van der Waals surface area (Å²) in [5, 5.41) is 7.24. The highest BCUT2D eigenvalue weighted by molar-refractivity contribution is 7.71. The van der Waals surface area contributed by atoms with Gasteiger partial charge in [0.1, 0.15) is 12.4 Å². The van der Waals surface area contributed by atoms with Gasteiger partial charge in [-0.1, -0.05) is 30.3 Å². The van der Waals surface area contributed by atoms with E-state index in [1.54, 1.807) is 4.90 Å². The molecule has 1 saturated heterocycles. The lowest BCUT2D eigenvalue weighted by molar-refractivity contribution is 0.0864. The van der Waals surface area contributed by atoms with Crippen molar-refractivity contribution in [2.45, 2.75) is 38.8 Å². The number of benzene rings is 1. The third-order valence-electron chi connectivity index (χ3n) is 4.43. The van der Waals surface area contributed by atoms with Crippen LogP contribution in [0.1, 0.15) is 37.1 Å². The summed E-state index contributed by atoms with van der Waals surface area (Å²) in [4.78, 5) is 14.0. The number of aromatic nitrogens is 3. The third-order valence-corrected chi connectivity index (χ3v) is 4.74. The predicted octanol–water partition coefficient (Wildman–Crippen LogP) is 3.48. The van der Waals surface area contributed by atoms with Crippen LogP contribution in [-0.4, -0.2) is 38.8 Å². The standard InChI is InChI=1S/C17H22N4O2S/c1-2-21-15(18-19-16(21)24)14-8-10-20(11-9-14)17(22)23-12-13-6-4-3-5-7-13/h3-7,14H,2,8-12H2,1H3,(H,19,24). The number of nitrogens with zero attached hydrogens (tertiary/aromatic N) is 3. The number of hydrogen-bond donors (Lipinski definition) is 1. The maximum atomic E-state index is 12.2. The van der Waals surface area contributed by atoms with Crippen molar-refractivity contribution >= 4 is 18.3 Å². The second kappa shape index (κ2) is 7.61. The molecular formula is C17H22N4O2S. The summed E-state index contributed by atoms with van der Waals surface area (Å²) >= 11 is 5.25. The van der Waals surface area contributed by atoms with Crippen molar-refractivity contribution in [3.8, 4) is 0 Å². The zero-order valence-corrected chi connectivity index (χ0v) is 14.6. The minimum absolute atomic E-state index is 0.244. The molecule has 0 radical (unpaired) electrons. The van der Waals surface area contributed by atoms with Gasteiger partial charge in [0.25, 0.3) is 0 Å². The molecule has 0 atom stereocenters. The molecule has 0 aliphatic carbocycles. The molecule has 0 bridgehead atoms. The first kappa shape index (κ1) is 16.7. The number of hydrogen-bond acceptors (Lipinski definition) is 4. The minimum Gasteiger partial charge on any atom is -0.445 e. The van der Waals surface area contributed by atoms with Gasteiger partial charge in [0.2, 0.25) is 0 Å². The molecule has 1 aromatic heterocycles. The third kappa shape index (κ3) is 3.67. The van der Waals surface area contributed by atoms with Crippen LogP contribution >= 0.6 is 12.2 Å². The molecule has 128 valence electrons. The van der Waals surface area contributed by atoms with E-state index in [9.17, 15) is 4.79 Å². The Hall–Kier alpha value is -2.15. The predicted molar refractivity (Wildman–Crippen MR) is 93.3 cm³/mol. The van der Waals surface area contributed by atoms with Crippen molar-refractivity contribution in [3.05, 3.63) is 46.5 Å². The van der Waals surface area contributed by atoms with Crippen molar-refractivity contribution in [2.75, 3.05) is 13.1 Å². The number of carbonyl (C=O) groups is 1. The molecule has 0 spiro atoms. The van der Waals surface area contributed by atoms with E-state index >= 15 is 0 Å². The number of carbonyl (C=O) groups excluding carboxylic acids is 1. The molecule has 3 rings (SSSR count). The molecular weight excluding hydrogens is 324 g/mol. The zero-order chi connectivity index (χ0) is 16.9. The Bertz CT molecular complexity index is 733. The number of likely N-dealkylation sites (tertiary alicyclic amines) is 1. The zero-order valence-electron chi connectivity index (χ0n) is 13.8. The number of H-pyrrole nitrogens is 1. The molecule has 24 heavy (non-hydrogen) atoms. The summed E-state index contributed by atoms with van der Waals surface area (Å²) in [5.74, 6) is 1.33. The maximum Gasteiger partial charge on any atom is 0.410 e. The molecule has 1 N–H and O–H groups in total. The van der Waals surface area contributed by atoms with Gasteiger partial charge in [0.15, 0.2) is 4.77 Å². The molecule has 0 saturated carbocycles. The molecule has 0 unspecified atom stereocenters. The highest BCUT2D eigenvalue weighted by Gasteiger charge is 2.27. The van der Waals surface area contributed by atoms with Crippen LogP contribution in [0.15, 0.2) is 30.3 Å². The Labute approximate surface area is 146 Å². The molecule has 1 amide bonds. The molecule has 1 aliphatic rings. The van der Waals surface area contributed by atoms with Gasteiger partial charge in [-0.25, -0.2) is 4.79 Å². The fraction of sp³-hybridized carbons (Fsp3) is 0.471. The smallest absolute Gasteiger partial charge is 0.410 e. The Morgan fingerprint density at radius 2 is 2.04 bits per heavy atom. The topological polar surface area (TPSA) is 63.1 Å². The van der Waals surface area contributed by atoms with E-state index in [-0.39, 0.29) is 6.09 Å². The lowest BCUT2D eigenvalue weighted by atomic mass is 9.96. The van der Waals surface area contributed by atoms with Crippen LogP contribution in [0.4, 0.5) is 4.79 Å². The maximum absolute atomic E-state index is 12.2. The molecule has 2 aromatic rings. The first-order valence-electron chi connectivity index (χ1n) is 8.29. The van der Waals surface area contributed by atoms with Gasteiger partial charge in [-0.15, -0.1) is 0 Å². The van der Waals surface area contributed by atoms with Gasteiger partial charge in [0.05, 0.1) is 0 Å². The average molecular weight is 346 g/mol. The van der Waals surface area contributed by atoms with E-state index in [0.717, 1.165) is 30.8 Å². The van der Waals surface area contributed by atoms with Gasteiger partial charge >= 0.3 is 6.09 Å². The molecule has 6 nitrogen and oxygen atoms in total. The van der Waals surface area contributed by atoms with Gasteiger partial charge < -0.3 is 14.2 Å². The number of nitrogens with one attached hydrogen (secondary N) is 1. The summed E-state index contributed by atoms with van der Waals surface area (Å²) in [6.45, 7) is 4.55. The second-order valence-electron chi connectivity index (χ2n) is 5.93. The molecule has 1 aliphatic heterocycles. The Kier molecular flexibility index (Phi) is 5.30. The van der Waals surface area contributed by atoms with Crippen molar-refractivity contribution in [1.29, 1.82) is 0 Å². The Balaban J connectivity index is 1.53. The van der Waals surface area contributed by atoms with E-state index in [0.29, 0.717) is 30.4 Å². The van der Waals surface area contributed by atoms with Crippen LogP contribution in [0.5, 0.6) is 0 Å². The minimum atomic E-state index is -0.244. The first-order valence-corrected chi connectivity index (χ1v) is 8.70. The van der Waals surface area contributed by atoms with Gasteiger partial charge in [-0.05, 0) is 37.5 Å². The van der Waals surface area contributed by atoms with Crippen LogP contribution in [0.25, 0.3) is 0 Å². The van der Waals surface area contributed by atoms with E-state index in [1.807, 2.05) is 34.9 Å². The Morgan fingerprint density at radius 1 is 1.33 bits per heavy atom. The van der Waals surface area contributed by atoms with E-state index in [1.165, 1.54) is 0 Å². The van der Waals surface area contributed by atoms with Crippen molar-refractivity contribution in [3.63, 3.8) is 0 Å². The average Bonchev–Trinajstić information content (AvgIpc) is 3.01. The number of rotatable bonds is 4. The van der Waals surface area contributed by atoms with Gasteiger partial charge in [-0.2, -0.15) is 5.10 Å². The number of piperidine rings is 1. The molecule has 7 heteroatoms. The summed E-state index contributed by atoms with van der Waals surface area (Å²) in [6.07, 6.45) is 1.51. The second-order valence-corrected chi connectivity index (χ2v) is 6.32. The quantitative estimate of drug-likeness (QED) is 0.861. The molecule has 1 fully saturated rings. The first-order chi connectivity index (χ1) is 11.7. The van der Waals surface area contributed by atoms with Crippen LogP contribution in [0.2, 0.25) is 0 Å². The number of ether oxygens (including phenoxy) is 1. The molecule has 2 heterocycles. The van der Waals surface area contributed by atoms with Crippen LogP contribution in [0.3, 0.4) is 0 Å². The lowest BCUT2D eigenvalue weighted by Gasteiger charge is -2.30. The van der Waals surface area contributed by atoms with Crippen molar-refractivity contribution in [2.24, 2.45) is 0 Å². The fourth-order valence-corrected chi connectivity index (χ4v) is 3.35. The summed E-state index contributed by atoms with van der Waals surface area (Å²) in [5.41, 5.74) is 0.999. The highest BCUT2D eigenvalue weighted by atomic mass is 32.1. The summed E-state index contributed by atoms with van der Waals surface area (Å²) in [6, 6.07) is 9.73.